The molecule has 0 radical (unpaired) electrons. The summed E-state index contributed by atoms with van der Waals surface area (Å²) in [5.74, 6) is 1.68. The number of aromatic nitrogens is 2. The van der Waals surface area contributed by atoms with Crippen LogP contribution in [0.15, 0.2) is 6.20 Å². The van der Waals surface area contributed by atoms with Crippen LogP contribution in [0.3, 0.4) is 0 Å². The highest BCUT2D eigenvalue weighted by Gasteiger charge is 2.29. The zero-order valence-electron chi connectivity index (χ0n) is 10.8. The van der Waals surface area contributed by atoms with Gasteiger partial charge in [0.2, 0.25) is 0 Å². The topological polar surface area (TPSA) is 37.8 Å². The van der Waals surface area contributed by atoms with Crippen molar-refractivity contribution in [3.05, 3.63) is 23.3 Å². The standard InChI is InChI=1S/C14H21N3/c1-14(2)5-3-10(4-6-14)13-16-8-11-7-15-9-12(11)17-13/h8,10,15H,3-7,9H2,1-2H3. The van der Waals surface area contributed by atoms with Crippen LogP contribution in [0, 0.1) is 5.41 Å². The van der Waals surface area contributed by atoms with Gasteiger partial charge in [-0.1, -0.05) is 13.8 Å². The molecule has 1 aliphatic heterocycles. The van der Waals surface area contributed by atoms with Crippen molar-refractivity contribution >= 4 is 0 Å². The average Bonchev–Trinajstić information content (AvgIpc) is 2.76. The molecule has 0 spiro atoms. The first-order chi connectivity index (χ1) is 8.14. The van der Waals surface area contributed by atoms with Gasteiger partial charge in [-0.2, -0.15) is 0 Å². The van der Waals surface area contributed by atoms with Gasteiger partial charge in [-0.3, -0.25) is 0 Å². The maximum atomic E-state index is 4.75. The third kappa shape index (κ3) is 2.21. The first-order valence-corrected chi connectivity index (χ1v) is 6.69. The molecule has 17 heavy (non-hydrogen) atoms. The third-order valence-corrected chi connectivity index (χ3v) is 4.29. The molecular weight excluding hydrogens is 210 g/mol. The van der Waals surface area contributed by atoms with E-state index in [4.69, 9.17) is 4.98 Å². The van der Waals surface area contributed by atoms with Crippen molar-refractivity contribution in [1.82, 2.24) is 15.3 Å². The van der Waals surface area contributed by atoms with Crippen LogP contribution in [0.2, 0.25) is 0 Å². The minimum atomic E-state index is 0.523. The van der Waals surface area contributed by atoms with Crippen molar-refractivity contribution in [3.8, 4) is 0 Å². The Hall–Kier alpha value is -0.960. The van der Waals surface area contributed by atoms with E-state index in [0.717, 1.165) is 18.9 Å². The van der Waals surface area contributed by atoms with Crippen LogP contribution >= 0.6 is 0 Å². The van der Waals surface area contributed by atoms with Crippen LogP contribution < -0.4 is 5.32 Å². The molecule has 3 heteroatoms. The maximum absolute atomic E-state index is 4.75. The van der Waals surface area contributed by atoms with Gasteiger partial charge in [0.1, 0.15) is 5.82 Å². The number of rotatable bonds is 1. The number of hydrogen-bond donors (Lipinski definition) is 1. The Bertz CT molecular complexity index is 415. The molecular formula is C14H21N3. The predicted octanol–water partition coefficient (Wildman–Crippen LogP) is 2.76. The summed E-state index contributed by atoms with van der Waals surface area (Å²) < 4.78 is 0. The summed E-state index contributed by atoms with van der Waals surface area (Å²) in [6.45, 7) is 6.60. The molecule has 1 N–H and O–H groups in total. The van der Waals surface area contributed by atoms with Crippen LogP contribution in [-0.4, -0.2) is 9.97 Å². The molecule has 0 saturated heterocycles. The zero-order chi connectivity index (χ0) is 11.9. The smallest absolute Gasteiger partial charge is 0.131 e. The Labute approximate surface area is 103 Å². The van der Waals surface area contributed by atoms with Gasteiger partial charge in [-0.05, 0) is 31.1 Å². The molecule has 1 aromatic heterocycles. The fourth-order valence-electron chi connectivity index (χ4n) is 2.93. The number of hydrogen-bond acceptors (Lipinski definition) is 3. The summed E-state index contributed by atoms with van der Waals surface area (Å²) in [6, 6.07) is 0. The highest BCUT2D eigenvalue weighted by molar-refractivity contribution is 5.22. The van der Waals surface area contributed by atoms with Crippen LogP contribution in [0.4, 0.5) is 0 Å². The summed E-state index contributed by atoms with van der Waals surface area (Å²) in [7, 11) is 0. The molecule has 3 nitrogen and oxygen atoms in total. The molecule has 0 amide bonds. The van der Waals surface area contributed by atoms with E-state index >= 15 is 0 Å². The van der Waals surface area contributed by atoms with Gasteiger partial charge < -0.3 is 5.32 Å². The Morgan fingerprint density at radius 1 is 1.24 bits per heavy atom. The minimum Gasteiger partial charge on any atom is -0.307 e. The number of fused-ring (bicyclic) bond motifs is 1. The van der Waals surface area contributed by atoms with Crippen molar-refractivity contribution in [3.63, 3.8) is 0 Å². The van der Waals surface area contributed by atoms with Crippen LogP contribution in [-0.2, 0) is 13.1 Å². The van der Waals surface area contributed by atoms with Crippen molar-refractivity contribution < 1.29 is 0 Å². The van der Waals surface area contributed by atoms with Gasteiger partial charge >= 0.3 is 0 Å². The molecule has 0 atom stereocenters. The van der Waals surface area contributed by atoms with Crippen molar-refractivity contribution in [2.45, 2.75) is 58.5 Å². The lowest BCUT2D eigenvalue weighted by molar-refractivity contribution is 0.220. The lowest BCUT2D eigenvalue weighted by Crippen LogP contribution is -2.21. The van der Waals surface area contributed by atoms with Gasteiger partial charge in [-0.15, -0.1) is 0 Å². The van der Waals surface area contributed by atoms with Crippen molar-refractivity contribution in [1.29, 1.82) is 0 Å². The Morgan fingerprint density at radius 2 is 2.00 bits per heavy atom. The molecule has 1 aliphatic carbocycles. The van der Waals surface area contributed by atoms with E-state index in [-0.39, 0.29) is 0 Å². The fraction of sp³-hybridized carbons (Fsp3) is 0.714. The summed E-state index contributed by atoms with van der Waals surface area (Å²) in [4.78, 5) is 9.32. The van der Waals surface area contributed by atoms with Gasteiger partial charge in [-0.25, -0.2) is 9.97 Å². The normalized spacial score (nSPS) is 23.6. The molecule has 0 unspecified atom stereocenters. The molecule has 1 saturated carbocycles. The second kappa shape index (κ2) is 4.05. The summed E-state index contributed by atoms with van der Waals surface area (Å²) in [5.41, 5.74) is 3.03. The molecule has 0 bridgehead atoms. The highest BCUT2D eigenvalue weighted by Crippen LogP contribution is 2.41. The largest absolute Gasteiger partial charge is 0.307 e. The van der Waals surface area contributed by atoms with Crippen molar-refractivity contribution in [2.24, 2.45) is 5.41 Å². The first-order valence-electron chi connectivity index (χ1n) is 6.69. The Kier molecular flexibility index (Phi) is 2.66. The third-order valence-electron chi connectivity index (χ3n) is 4.29. The van der Waals surface area contributed by atoms with Gasteiger partial charge in [0.15, 0.2) is 0 Å². The lowest BCUT2D eigenvalue weighted by Gasteiger charge is -2.33. The summed E-state index contributed by atoms with van der Waals surface area (Å²) in [5, 5.41) is 3.33. The first kappa shape index (κ1) is 11.1. The second-order valence-electron chi connectivity index (χ2n) is 6.24. The van der Waals surface area contributed by atoms with Gasteiger partial charge in [0.25, 0.3) is 0 Å². The molecule has 2 heterocycles. The Balaban J connectivity index is 1.77. The van der Waals surface area contributed by atoms with Crippen molar-refractivity contribution in [2.75, 3.05) is 0 Å². The highest BCUT2D eigenvalue weighted by atomic mass is 15.0. The number of nitrogens with zero attached hydrogens (tertiary/aromatic N) is 2. The Morgan fingerprint density at radius 3 is 2.76 bits per heavy atom. The summed E-state index contributed by atoms with van der Waals surface area (Å²) in [6.07, 6.45) is 7.13. The van der Waals surface area contributed by atoms with E-state index in [2.05, 4.69) is 24.1 Å². The van der Waals surface area contributed by atoms with E-state index in [9.17, 15) is 0 Å². The monoisotopic (exact) mass is 231 g/mol. The second-order valence-corrected chi connectivity index (χ2v) is 6.24. The average molecular weight is 231 g/mol. The molecule has 0 aromatic carbocycles. The van der Waals surface area contributed by atoms with Gasteiger partial charge in [0.05, 0.1) is 5.69 Å². The van der Waals surface area contributed by atoms with Gasteiger partial charge in [0, 0.05) is 30.8 Å². The van der Waals surface area contributed by atoms with E-state index in [1.54, 1.807) is 0 Å². The molecule has 92 valence electrons. The molecule has 2 aliphatic rings. The molecule has 1 fully saturated rings. The number of nitrogens with one attached hydrogen (secondary N) is 1. The minimum absolute atomic E-state index is 0.523. The van der Waals surface area contributed by atoms with E-state index in [1.165, 1.54) is 36.9 Å². The fourth-order valence-corrected chi connectivity index (χ4v) is 2.93. The summed E-state index contributed by atoms with van der Waals surface area (Å²) >= 11 is 0. The predicted molar refractivity (Wildman–Crippen MR) is 67.6 cm³/mol. The van der Waals surface area contributed by atoms with E-state index in [1.807, 2.05) is 6.20 Å². The van der Waals surface area contributed by atoms with Crippen LogP contribution in [0.25, 0.3) is 0 Å². The zero-order valence-corrected chi connectivity index (χ0v) is 10.8. The van der Waals surface area contributed by atoms with Crippen LogP contribution in [0.5, 0.6) is 0 Å². The molecule has 1 aromatic rings. The van der Waals surface area contributed by atoms with E-state index in [0.29, 0.717) is 11.3 Å². The SMILES string of the molecule is CC1(C)CCC(c2ncc3c(n2)CNC3)CC1. The van der Waals surface area contributed by atoms with Crippen LogP contribution in [0.1, 0.15) is 62.5 Å². The maximum Gasteiger partial charge on any atom is 0.131 e. The van der Waals surface area contributed by atoms with E-state index < -0.39 is 0 Å². The molecule has 3 rings (SSSR count). The quantitative estimate of drug-likeness (QED) is 0.807. The lowest BCUT2D eigenvalue weighted by atomic mass is 9.73.